The van der Waals surface area contributed by atoms with Crippen LogP contribution in [-0.2, 0) is 23.6 Å². The highest BCUT2D eigenvalue weighted by atomic mass is 32.2. The number of aryl methyl sites for hydroxylation is 2. The van der Waals surface area contributed by atoms with E-state index >= 15 is 0 Å². The molecule has 6 nitrogen and oxygen atoms in total. The molecule has 0 aliphatic rings. The minimum Gasteiger partial charge on any atom is -0.478 e. The molecule has 0 atom stereocenters. The number of hydrogen-bond donors (Lipinski definition) is 2. The number of rotatable bonds is 5. The van der Waals surface area contributed by atoms with Crippen molar-refractivity contribution in [2.45, 2.75) is 18.4 Å². The van der Waals surface area contributed by atoms with Gasteiger partial charge in [0.2, 0.25) is 10.0 Å². The van der Waals surface area contributed by atoms with E-state index in [-0.39, 0.29) is 17.0 Å². The summed E-state index contributed by atoms with van der Waals surface area (Å²) >= 11 is 0. The fourth-order valence-corrected chi connectivity index (χ4v) is 2.97. The lowest BCUT2D eigenvalue weighted by Gasteiger charge is -2.08. The molecule has 0 saturated carbocycles. The number of carboxylic acids is 1. The van der Waals surface area contributed by atoms with Gasteiger partial charge in [0.25, 0.3) is 0 Å². The fourth-order valence-electron chi connectivity index (χ4n) is 1.93. The molecule has 1 heterocycles. The standard InChI is InChI=1S/C14H16N2O4S/c1-10-3-4-12(7-13(10)14(17)18)21(19,20)15-8-11-5-6-16(2)9-11/h3-7,9,15H,8H2,1-2H3,(H,17,18). The first-order valence-corrected chi connectivity index (χ1v) is 7.72. The van der Waals surface area contributed by atoms with Crippen molar-refractivity contribution in [3.05, 3.63) is 53.3 Å². The van der Waals surface area contributed by atoms with E-state index in [1.807, 2.05) is 17.8 Å². The molecule has 2 N–H and O–H groups in total. The molecule has 0 radical (unpaired) electrons. The Morgan fingerprint density at radius 1 is 1.33 bits per heavy atom. The maximum atomic E-state index is 12.2. The number of sulfonamides is 1. The summed E-state index contributed by atoms with van der Waals surface area (Å²) in [5, 5.41) is 9.05. The van der Waals surface area contributed by atoms with E-state index in [9.17, 15) is 13.2 Å². The zero-order valence-corrected chi connectivity index (χ0v) is 12.5. The van der Waals surface area contributed by atoms with E-state index in [4.69, 9.17) is 5.11 Å². The largest absolute Gasteiger partial charge is 0.478 e. The van der Waals surface area contributed by atoms with Gasteiger partial charge in [-0.25, -0.2) is 17.9 Å². The smallest absolute Gasteiger partial charge is 0.335 e. The summed E-state index contributed by atoms with van der Waals surface area (Å²) in [7, 11) is -1.90. The summed E-state index contributed by atoms with van der Waals surface area (Å²) in [6, 6.07) is 5.86. The molecule has 0 saturated heterocycles. The number of aromatic carboxylic acids is 1. The Balaban J connectivity index is 2.23. The lowest BCUT2D eigenvalue weighted by Crippen LogP contribution is -2.23. The van der Waals surface area contributed by atoms with Gasteiger partial charge in [-0.1, -0.05) is 6.07 Å². The van der Waals surface area contributed by atoms with Gasteiger partial charge in [0, 0.05) is 26.0 Å². The summed E-state index contributed by atoms with van der Waals surface area (Å²) in [5.74, 6) is -1.15. The quantitative estimate of drug-likeness (QED) is 0.876. The third-order valence-corrected chi connectivity index (χ3v) is 4.51. The Kier molecular flexibility index (Phi) is 4.15. The highest BCUT2D eigenvalue weighted by molar-refractivity contribution is 7.89. The Bertz CT molecular complexity index is 778. The van der Waals surface area contributed by atoms with E-state index < -0.39 is 16.0 Å². The monoisotopic (exact) mass is 308 g/mol. The van der Waals surface area contributed by atoms with E-state index in [2.05, 4.69) is 4.72 Å². The molecule has 0 spiro atoms. The Hall–Kier alpha value is -2.12. The molecule has 1 aromatic heterocycles. The fraction of sp³-hybridized carbons (Fsp3) is 0.214. The van der Waals surface area contributed by atoms with Gasteiger partial charge in [-0.05, 0) is 36.2 Å². The maximum Gasteiger partial charge on any atom is 0.335 e. The molecule has 112 valence electrons. The molecule has 0 amide bonds. The lowest BCUT2D eigenvalue weighted by atomic mass is 10.1. The number of carbonyl (C=O) groups is 1. The molecule has 2 aromatic rings. The Morgan fingerprint density at radius 2 is 2.05 bits per heavy atom. The minimum absolute atomic E-state index is 0.0161. The number of nitrogens with one attached hydrogen (secondary N) is 1. The summed E-state index contributed by atoms with van der Waals surface area (Å²) < 4.78 is 28.6. The van der Waals surface area contributed by atoms with E-state index in [1.54, 1.807) is 19.2 Å². The van der Waals surface area contributed by atoms with E-state index in [1.165, 1.54) is 18.2 Å². The molecule has 0 unspecified atom stereocenters. The highest BCUT2D eigenvalue weighted by Crippen LogP contribution is 2.16. The van der Waals surface area contributed by atoms with Crippen LogP contribution in [0, 0.1) is 6.92 Å². The van der Waals surface area contributed by atoms with Gasteiger partial charge in [-0.15, -0.1) is 0 Å². The molecule has 21 heavy (non-hydrogen) atoms. The molecular weight excluding hydrogens is 292 g/mol. The normalized spacial score (nSPS) is 11.5. The van der Waals surface area contributed by atoms with Gasteiger partial charge >= 0.3 is 5.97 Å². The molecule has 0 aliphatic carbocycles. The van der Waals surface area contributed by atoms with Gasteiger partial charge in [0.05, 0.1) is 10.5 Å². The van der Waals surface area contributed by atoms with Crippen LogP contribution in [-0.4, -0.2) is 24.1 Å². The highest BCUT2D eigenvalue weighted by Gasteiger charge is 2.17. The van der Waals surface area contributed by atoms with Crippen molar-refractivity contribution in [2.75, 3.05) is 0 Å². The number of nitrogens with zero attached hydrogens (tertiary/aromatic N) is 1. The van der Waals surface area contributed by atoms with Gasteiger partial charge in [0.15, 0.2) is 0 Å². The van der Waals surface area contributed by atoms with Crippen molar-refractivity contribution < 1.29 is 18.3 Å². The number of hydrogen-bond acceptors (Lipinski definition) is 3. The van der Waals surface area contributed by atoms with E-state index in [0.29, 0.717) is 5.56 Å². The average molecular weight is 308 g/mol. The van der Waals surface area contributed by atoms with Crippen molar-refractivity contribution in [3.8, 4) is 0 Å². The van der Waals surface area contributed by atoms with Crippen LogP contribution in [0.25, 0.3) is 0 Å². The van der Waals surface area contributed by atoms with Gasteiger partial charge in [0.1, 0.15) is 0 Å². The lowest BCUT2D eigenvalue weighted by molar-refractivity contribution is 0.0696. The van der Waals surface area contributed by atoms with Crippen LogP contribution in [0.4, 0.5) is 0 Å². The summed E-state index contributed by atoms with van der Waals surface area (Å²) in [5.41, 5.74) is 1.33. The second-order valence-electron chi connectivity index (χ2n) is 4.79. The number of benzene rings is 1. The predicted molar refractivity (Wildman–Crippen MR) is 77.6 cm³/mol. The van der Waals surface area contributed by atoms with Crippen LogP contribution in [0.5, 0.6) is 0 Å². The van der Waals surface area contributed by atoms with Crippen LogP contribution in [0.15, 0.2) is 41.6 Å². The van der Waals surface area contributed by atoms with Gasteiger partial charge < -0.3 is 9.67 Å². The van der Waals surface area contributed by atoms with Crippen LogP contribution < -0.4 is 4.72 Å². The summed E-state index contributed by atoms with van der Waals surface area (Å²) in [6.45, 7) is 1.77. The van der Waals surface area contributed by atoms with Crippen molar-refractivity contribution in [3.63, 3.8) is 0 Å². The van der Waals surface area contributed by atoms with Crippen LogP contribution in [0.3, 0.4) is 0 Å². The zero-order valence-electron chi connectivity index (χ0n) is 11.7. The van der Waals surface area contributed by atoms with Crippen molar-refractivity contribution >= 4 is 16.0 Å². The summed E-state index contributed by atoms with van der Waals surface area (Å²) in [6.07, 6.45) is 3.62. The first kappa shape index (κ1) is 15.3. The predicted octanol–water partition coefficient (Wildman–Crippen LogP) is 1.51. The first-order valence-electron chi connectivity index (χ1n) is 6.24. The Morgan fingerprint density at radius 3 is 2.62 bits per heavy atom. The molecule has 1 aromatic carbocycles. The number of aromatic nitrogens is 1. The first-order chi connectivity index (χ1) is 9.79. The second-order valence-corrected chi connectivity index (χ2v) is 6.56. The van der Waals surface area contributed by atoms with Crippen LogP contribution >= 0.6 is 0 Å². The van der Waals surface area contributed by atoms with Crippen molar-refractivity contribution in [1.82, 2.24) is 9.29 Å². The number of carboxylic acid groups (broad SMARTS) is 1. The van der Waals surface area contributed by atoms with Crippen molar-refractivity contribution in [2.24, 2.45) is 7.05 Å². The average Bonchev–Trinajstić information content (AvgIpc) is 2.82. The molecule has 2 rings (SSSR count). The van der Waals surface area contributed by atoms with Gasteiger partial charge in [-0.2, -0.15) is 0 Å². The zero-order chi connectivity index (χ0) is 15.6. The Labute approximate surface area is 123 Å². The second kappa shape index (κ2) is 5.71. The topological polar surface area (TPSA) is 88.4 Å². The molecular formula is C14H16N2O4S. The SMILES string of the molecule is Cc1ccc(S(=O)(=O)NCc2ccn(C)c2)cc1C(=O)O. The molecule has 0 bridgehead atoms. The molecule has 0 fully saturated rings. The van der Waals surface area contributed by atoms with Crippen LogP contribution in [0.1, 0.15) is 21.5 Å². The third kappa shape index (κ3) is 3.50. The van der Waals surface area contributed by atoms with E-state index in [0.717, 1.165) is 5.56 Å². The summed E-state index contributed by atoms with van der Waals surface area (Å²) in [4.78, 5) is 11.0. The third-order valence-electron chi connectivity index (χ3n) is 3.11. The van der Waals surface area contributed by atoms with Crippen LogP contribution in [0.2, 0.25) is 0 Å². The maximum absolute atomic E-state index is 12.2. The molecule has 7 heteroatoms. The van der Waals surface area contributed by atoms with Crippen molar-refractivity contribution in [1.29, 1.82) is 0 Å². The van der Waals surface area contributed by atoms with Gasteiger partial charge in [-0.3, -0.25) is 0 Å². The minimum atomic E-state index is -3.74. The molecule has 0 aliphatic heterocycles.